The summed E-state index contributed by atoms with van der Waals surface area (Å²) < 4.78 is 5.26. The maximum Gasteiger partial charge on any atom is 0.251 e. The van der Waals surface area contributed by atoms with Gasteiger partial charge in [0.15, 0.2) is 0 Å². The van der Waals surface area contributed by atoms with Crippen molar-refractivity contribution in [2.24, 2.45) is 0 Å². The first-order valence-corrected chi connectivity index (χ1v) is 10.6. The predicted octanol–water partition coefficient (Wildman–Crippen LogP) is 3.80. The third-order valence-corrected chi connectivity index (χ3v) is 5.89. The van der Waals surface area contributed by atoms with Gasteiger partial charge in [-0.05, 0) is 48.4 Å². The Morgan fingerprint density at radius 3 is 3.00 bits per heavy atom. The van der Waals surface area contributed by atoms with Gasteiger partial charge >= 0.3 is 0 Å². The van der Waals surface area contributed by atoms with E-state index in [2.05, 4.69) is 4.98 Å². The van der Waals surface area contributed by atoms with Gasteiger partial charge in [0.05, 0.1) is 25.3 Å². The van der Waals surface area contributed by atoms with Crippen molar-refractivity contribution in [3.05, 3.63) is 68.9 Å². The summed E-state index contributed by atoms with van der Waals surface area (Å²) in [5.74, 6) is 1.34. The van der Waals surface area contributed by atoms with Gasteiger partial charge in [0, 0.05) is 23.6 Å². The molecule has 1 saturated heterocycles. The van der Waals surface area contributed by atoms with Crippen molar-refractivity contribution in [1.29, 1.82) is 0 Å². The lowest BCUT2D eigenvalue weighted by atomic mass is 9.99. The van der Waals surface area contributed by atoms with Crippen LogP contribution in [0.1, 0.15) is 36.7 Å². The van der Waals surface area contributed by atoms with E-state index in [1.807, 2.05) is 46.0 Å². The molecule has 0 unspecified atom stereocenters. The van der Waals surface area contributed by atoms with Crippen LogP contribution in [-0.2, 0) is 11.2 Å². The molecule has 1 fully saturated rings. The molecular weight excluding hydrogens is 386 g/mol. The molecule has 150 valence electrons. The lowest BCUT2D eigenvalue weighted by Gasteiger charge is -2.35. The van der Waals surface area contributed by atoms with Crippen LogP contribution in [0.5, 0.6) is 5.75 Å². The van der Waals surface area contributed by atoms with E-state index < -0.39 is 0 Å². The highest BCUT2D eigenvalue weighted by atomic mass is 32.1. The standard InChI is InChI=1S/C22H23N3O3S/c1-28-17-6-4-5-15(11-17)12-21(27)25-9-3-2-7-19(25)22-23-18(13-20(26)24-22)16-8-10-29-14-16/h4-6,8,10-11,13-14,19H,2-3,7,9,12H2,1H3,(H,23,24,26)/t19-/m0/s1. The topological polar surface area (TPSA) is 75.3 Å². The zero-order valence-corrected chi connectivity index (χ0v) is 17.1. The number of piperidine rings is 1. The molecule has 6 nitrogen and oxygen atoms in total. The molecule has 3 aromatic rings. The van der Waals surface area contributed by atoms with E-state index in [0.29, 0.717) is 24.5 Å². The number of nitrogens with one attached hydrogen (secondary N) is 1. The van der Waals surface area contributed by atoms with Crippen LogP contribution in [0, 0.1) is 0 Å². The van der Waals surface area contributed by atoms with Crippen LogP contribution in [0.25, 0.3) is 11.3 Å². The predicted molar refractivity (Wildman–Crippen MR) is 113 cm³/mol. The first-order chi connectivity index (χ1) is 14.1. The fourth-order valence-corrected chi connectivity index (χ4v) is 4.41. The first-order valence-electron chi connectivity index (χ1n) is 9.70. The molecule has 1 amide bonds. The van der Waals surface area contributed by atoms with E-state index in [1.165, 1.54) is 6.07 Å². The Morgan fingerprint density at radius 2 is 2.21 bits per heavy atom. The van der Waals surface area contributed by atoms with Crippen molar-refractivity contribution < 1.29 is 9.53 Å². The van der Waals surface area contributed by atoms with Crippen molar-refractivity contribution in [2.75, 3.05) is 13.7 Å². The largest absolute Gasteiger partial charge is 0.497 e. The fraction of sp³-hybridized carbons (Fsp3) is 0.318. The zero-order valence-electron chi connectivity index (χ0n) is 16.3. The summed E-state index contributed by atoms with van der Waals surface area (Å²) in [6.07, 6.45) is 3.04. The summed E-state index contributed by atoms with van der Waals surface area (Å²) in [7, 11) is 1.62. The van der Waals surface area contributed by atoms with Crippen molar-refractivity contribution in [2.45, 2.75) is 31.7 Å². The van der Waals surface area contributed by atoms with Gasteiger partial charge in [-0.2, -0.15) is 11.3 Å². The van der Waals surface area contributed by atoms with E-state index in [0.717, 1.165) is 36.1 Å². The van der Waals surface area contributed by atoms with Crippen LogP contribution >= 0.6 is 11.3 Å². The number of hydrogen-bond acceptors (Lipinski definition) is 5. The second-order valence-electron chi connectivity index (χ2n) is 7.15. The number of benzene rings is 1. The van der Waals surface area contributed by atoms with Crippen LogP contribution in [0.15, 0.2) is 52.0 Å². The number of aromatic amines is 1. The number of thiophene rings is 1. The minimum absolute atomic E-state index is 0.0338. The van der Waals surface area contributed by atoms with Gasteiger partial charge in [0.1, 0.15) is 11.6 Å². The normalized spacial score (nSPS) is 16.6. The number of carbonyl (C=O) groups is 1. The molecule has 1 aliphatic rings. The third kappa shape index (κ3) is 4.40. The van der Waals surface area contributed by atoms with E-state index in [-0.39, 0.29) is 17.5 Å². The monoisotopic (exact) mass is 409 g/mol. The van der Waals surface area contributed by atoms with Crippen molar-refractivity contribution in [1.82, 2.24) is 14.9 Å². The molecule has 0 aliphatic carbocycles. The van der Waals surface area contributed by atoms with Crippen molar-refractivity contribution >= 4 is 17.2 Å². The summed E-state index contributed by atoms with van der Waals surface area (Å²) in [5, 5.41) is 3.93. The highest BCUT2D eigenvalue weighted by Gasteiger charge is 2.30. The molecular formula is C22H23N3O3S. The average Bonchev–Trinajstić information content (AvgIpc) is 3.28. The quantitative estimate of drug-likeness (QED) is 0.695. The molecule has 3 heterocycles. The molecule has 1 aliphatic heterocycles. The van der Waals surface area contributed by atoms with Gasteiger partial charge < -0.3 is 14.6 Å². The Bertz CT molecular complexity index is 1050. The Morgan fingerprint density at radius 1 is 1.31 bits per heavy atom. The molecule has 1 atom stereocenters. The van der Waals surface area contributed by atoms with Gasteiger partial charge in [0.2, 0.25) is 5.91 Å². The van der Waals surface area contributed by atoms with Crippen LogP contribution < -0.4 is 10.3 Å². The lowest BCUT2D eigenvalue weighted by molar-refractivity contribution is -0.134. The molecule has 7 heteroatoms. The van der Waals surface area contributed by atoms with Crippen molar-refractivity contribution in [3.8, 4) is 17.0 Å². The molecule has 4 rings (SSSR count). The molecule has 2 aromatic heterocycles. The molecule has 0 saturated carbocycles. The number of likely N-dealkylation sites (tertiary alicyclic amines) is 1. The Hall–Kier alpha value is -2.93. The van der Waals surface area contributed by atoms with Crippen LogP contribution in [-0.4, -0.2) is 34.4 Å². The molecule has 0 spiro atoms. The molecule has 29 heavy (non-hydrogen) atoms. The minimum Gasteiger partial charge on any atom is -0.497 e. The molecule has 0 radical (unpaired) electrons. The van der Waals surface area contributed by atoms with E-state index in [4.69, 9.17) is 9.72 Å². The molecule has 1 N–H and O–H groups in total. The number of hydrogen-bond donors (Lipinski definition) is 1. The van der Waals surface area contributed by atoms with Gasteiger partial charge in [-0.25, -0.2) is 4.98 Å². The number of aromatic nitrogens is 2. The Labute approximate surface area is 173 Å². The smallest absolute Gasteiger partial charge is 0.251 e. The van der Waals surface area contributed by atoms with Crippen LogP contribution in [0.3, 0.4) is 0 Å². The summed E-state index contributed by atoms with van der Waals surface area (Å²) in [6, 6.07) is 10.8. The fourth-order valence-electron chi connectivity index (χ4n) is 3.77. The van der Waals surface area contributed by atoms with E-state index in [1.54, 1.807) is 18.4 Å². The second-order valence-corrected chi connectivity index (χ2v) is 7.93. The molecule has 0 bridgehead atoms. The average molecular weight is 410 g/mol. The highest BCUT2D eigenvalue weighted by molar-refractivity contribution is 7.08. The van der Waals surface area contributed by atoms with E-state index >= 15 is 0 Å². The van der Waals surface area contributed by atoms with E-state index in [9.17, 15) is 9.59 Å². The number of methoxy groups -OCH3 is 1. The second kappa shape index (κ2) is 8.61. The van der Waals surface area contributed by atoms with Gasteiger partial charge in [-0.1, -0.05) is 12.1 Å². The number of carbonyl (C=O) groups excluding carboxylic acids is 1. The SMILES string of the molecule is COc1cccc(CC(=O)N2CCCC[C@H]2c2nc(-c3ccsc3)cc(=O)[nH]2)c1. The Kier molecular flexibility index (Phi) is 5.76. The van der Waals surface area contributed by atoms with Crippen molar-refractivity contribution in [3.63, 3.8) is 0 Å². The number of ether oxygens (including phenoxy) is 1. The maximum atomic E-state index is 13.1. The van der Waals surface area contributed by atoms with Gasteiger partial charge in [-0.3, -0.25) is 9.59 Å². The minimum atomic E-state index is -0.215. The lowest BCUT2D eigenvalue weighted by Crippen LogP contribution is -2.40. The third-order valence-electron chi connectivity index (χ3n) is 5.21. The van der Waals surface area contributed by atoms with Crippen LogP contribution in [0.4, 0.5) is 0 Å². The molecule has 1 aromatic carbocycles. The maximum absolute atomic E-state index is 13.1. The summed E-state index contributed by atoms with van der Waals surface area (Å²) in [5.41, 5.74) is 2.29. The highest BCUT2D eigenvalue weighted by Crippen LogP contribution is 2.30. The number of amides is 1. The number of H-pyrrole nitrogens is 1. The first kappa shape index (κ1) is 19.4. The summed E-state index contributed by atoms with van der Waals surface area (Å²) in [4.78, 5) is 34.8. The van der Waals surface area contributed by atoms with Crippen LogP contribution in [0.2, 0.25) is 0 Å². The van der Waals surface area contributed by atoms with Gasteiger partial charge in [0.25, 0.3) is 5.56 Å². The zero-order chi connectivity index (χ0) is 20.2. The summed E-state index contributed by atoms with van der Waals surface area (Å²) >= 11 is 1.56. The van der Waals surface area contributed by atoms with Gasteiger partial charge in [-0.15, -0.1) is 0 Å². The number of rotatable bonds is 5. The number of nitrogens with zero attached hydrogens (tertiary/aromatic N) is 2. The Balaban J connectivity index is 1.60. The summed E-state index contributed by atoms with van der Waals surface area (Å²) in [6.45, 7) is 0.667.